The van der Waals surface area contributed by atoms with E-state index in [2.05, 4.69) is 61.6 Å². The van der Waals surface area contributed by atoms with Crippen molar-refractivity contribution in [3.8, 4) is 11.3 Å². The topological polar surface area (TPSA) is 99.4 Å². The van der Waals surface area contributed by atoms with E-state index >= 15 is 0 Å². The maximum Gasteiger partial charge on any atom is 0.240 e. The summed E-state index contributed by atoms with van der Waals surface area (Å²) in [6.07, 6.45) is 1.75. The Morgan fingerprint density at radius 3 is 2.23 bits per heavy atom. The zero-order valence-electron chi connectivity index (χ0n) is 20.7. The third-order valence-corrected chi connectivity index (χ3v) is 6.44. The lowest BCUT2D eigenvalue weighted by molar-refractivity contribution is -0.119. The van der Waals surface area contributed by atoms with Crippen LogP contribution in [0.4, 0.5) is 23.0 Å². The van der Waals surface area contributed by atoms with Crippen molar-refractivity contribution in [3.05, 3.63) is 60.8 Å². The second-order valence-electron chi connectivity index (χ2n) is 9.20. The van der Waals surface area contributed by atoms with Crippen molar-refractivity contribution in [1.82, 2.24) is 14.9 Å². The Labute approximate surface area is 207 Å². The molecule has 1 aliphatic heterocycles. The fourth-order valence-corrected chi connectivity index (χ4v) is 4.27. The molecule has 0 saturated carbocycles. The van der Waals surface area contributed by atoms with E-state index in [1.54, 1.807) is 6.20 Å². The van der Waals surface area contributed by atoms with Crippen molar-refractivity contribution in [2.75, 3.05) is 48.3 Å². The molecule has 3 aromatic rings. The maximum atomic E-state index is 11.7. The maximum absolute atomic E-state index is 11.7. The molecule has 4 rings (SSSR count). The number of benzene rings is 2. The fourth-order valence-electron chi connectivity index (χ4n) is 4.27. The third-order valence-electron chi connectivity index (χ3n) is 6.44. The molecular weight excluding hydrogens is 438 g/mol. The Kier molecular flexibility index (Phi) is 7.82. The molecule has 1 aliphatic rings. The van der Waals surface area contributed by atoms with E-state index in [9.17, 15) is 4.79 Å². The van der Waals surface area contributed by atoms with Gasteiger partial charge in [-0.25, -0.2) is 9.97 Å². The average Bonchev–Trinajstić information content (AvgIpc) is 2.88. The van der Waals surface area contributed by atoms with Gasteiger partial charge in [0.05, 0.1) is 5.69 Å². The Bertz CT molecular complexity index is 1110. The van der Waals surface area contributed by atoms with E-state index in [-0.39, 0.29) is 11.8 Å². The highest BCUT2D eigenvalue weighted by Crippen LogP contribution is 2.24. The van der Waals surface area contributed by atoms with Gasteiger partial charge in [-0.1, -0.05) is 32.9 Å². The summed E-state index contributed by atoms with van der Waals surface area (Å²) >= 11 is 0. The van der Waals surface area contributed by atoms with Crippen molar-refractivity contribution in [2.45, 2.75) is 26.8 Å². The smallest absolute Gasteiger partial charge is 0.240 e. The minimum Gasteiger partial charge on any atom is -0.373 e. The number of hydrogen-bond acceptors (Lipinski definition) is 7. The van der Waals surface area contributed by atoms with Gasteiger partial charge in [-0.15, -0.1) is 0 Å². The van der Waals surface area contributed by atoms with Gasteiger partial charge < -0.3 is 26.2 Å². The molecule has 2 aromatic carbocycles. The number of amides is 1. The van der Waals surface area contributed by atoms with Gasteiger partial charge >= 0.3 is 0 Å². The highest BCUT2D eigenvalue weighted by Gasteiger charge is 2.19. The number of anilines is 4. The van der Waals surface area contributed by atoms with E-state index < -0.39 is 6.04 Å². The summed E-state index contributed by atoms with van der Waals surface area (Å²) < 4.78 is 0. The van der Waals surface area contributed by atoms with Crippen LogP contribution in [0.5, 0.6) is 0 Å². The zero-order chi connectivity index (χ0) is 24.8. The van der Waals surface area contributed by atoms with Gasteiger partial charge in [-0.3, -0.25) is 4.79 Å². The first-order valence-corrected chi connectivity index (χ1v) is 12.3. The number of primary amides is 1. The summed E-state index contributed by atoms with van der Waals surface area (Å²) in [4.78, 5) is 25.6. The van der Waals surface area contributed by atoms with Crippen molar-refractivity contribution < 1.29 is 4.79 Å². The van der Waals surface area contributed by atoms with Crippen molar-refractivity contribution in [3.63, 3.8) is 0 Å². The Balaban J connectivity index is 1.40. The largest absolute Gasteiger partial charge is 0.373 e. The summed E-state index contributed by atoms with van der Waals surface area (Å²) in [5, 5.41) is 6.52. The molecular formula is C27H35N7O. The summed E-state index contributed by atoms with van der Waals surface area (Å²) in [6, 6.07) is 17.7. The Morgan fingerprint density at radius 2 is 1.63 bits per heavy atom. The number of piperazine rings is 1. The normalized spacial score (nSPS) is 15.1. The molecule has 0 aliphatic carbocycles. The highest BCUT2D eigenvalue weighted by molar-refractivity contribution is 5.83. The molecule has 35 heavy (non-hydrogen) atoms. The fraction of sp³-hybridized carbons (Fsp3) is 0.370. The van der Waals surface area contributed by atoms with Crippen LogP contribution in [0.25, 0.3) is 11.3 Å². The standard InChI is InChI=1S/C27H35N7O/c1-4-33-15-17-34(18-16-33)23-11-9-22(10-12-23)31-27-29-14-13-24(32-27)20-5-7-21(8-6-20)30-25(19(2)3)26(28)35/h5-14,19,25,30H,4,15-18H2,1-3H3,(H2,28,35)(H,29,31,32)/t25-/m1/s1. The monoisotopic (exact) mass is 473 g/mol. The molecule has 0 radical (unpaired) electrons. The van der Waals surface area contributed by atoms with Gasteiger partial charge in [0.2, 0.25) is 11.9 Å². The van der Waals surface area contributed by atoms with Crippen LogP contribution in [0.1, 0.15) is 20.8 Å². The number of hydrogen-bond donors (Lipinski definition) is 3. The van der Waals surface area contributed by atoms with Crippen LogP contribution in [0, 0.1) is 5.92 Å². The summed E-state index contributed by atoms with van der Waals surface area (Å²) in [5.74, 6) is 0.285. The summed E-state index contributed by atoms with van der Waals surface area (Å²) in [6.45, 7) is 11.6. The number of aromatic nitrogens is 2. The number of carbonyl (C=O) groups is 1. The molecule has 1 saturated heterocycles. The van der Waals surface area contributed by atoms with Gasteiger partial charge in [0.1, 0.15) is 6.04 Å². The van der Waals surface area contributed by atoms with Gasteiger partial charge in [-0.2, -0.15) is 0 Å². The molecule has 0 unspecified atom stereocenters. The summed E-state index contributed by atoms with van der Waals surface area (Å²) in [5.41, 5.74) is 10.3. The number of likely N-dealkylation sites (N-methyl/N-ethyl adjacent to an activating group) is 1. The predicted molar refractivity (Wildman–Crippen MR) is 143 cm³/mol. The first-order valence-electron chi connectivity index (χ1n) is 12.3. The molecule has 1 fully saturated rings. The molecule has 8 heteroatoms. The van der Waals surface area contributed by atoms with Crippen molar-refractivity contribution >= 4 is 28.9 Å². The highest BCUT2D eigenvalue weighted by atomic mass is 16.1. The number of nitrogens with zero attached hydrogens (tertiary/aromatic N) is 4. The lowest BCUT2D eigenvalue weighted by atomic mass is 10.0. The second-order valence-corrected chi connectivity index (χ2v) is 9.20. The number of carbonyl (C=O) groups excluding carboxylic acids is 1. The van der Waals surface area contributed by atoms with Gasteiger partial charge in [0.25, 0.3) is 0 Å². The first-order chi connectivity index (χ1) is 16.9. The second kappa shape index (κ2) is 11.2. The van der Waals surface area contributed by atoms with Crippen LogP contribution >= 0.6 is 0 Å². The molecule has 8 nitrogen and oxygen atoms in total. The van der Waals surface area contributed by atoms with E-state index in [4.69, 9.17) is 5.73 Å². The lowest BCUT2D eigenvalue weighted by Crippen LogP contribution is -2.46. The van der Waals surface area contributed by atoms with Crippen LogP contribution in [-0.2, 0) is 4.79 Å². The lowest BCUT2D eigenvalue weighted by Gasteiger charge is -2.35. The van der Waals surface area contributed by atoms with Crippen LogP contribution in [0.15, 0.2) is 60.8 Å². The Hall–Kier alpha value is -3.65. The van der Waals surface area contributed by atoms with Crippen LogP contribution < -0.4 is 21.3 Å². The molecule has 1 amide bonds. The molecule has 1 atom stereocenters. The van der Waals surface area contributed by atoms with Crippen molar-refractivity contribution in [2.24, 2.45) is 11.7 Å². The predicted octanol–water partition coefficient (Wildman–Crippen LogP) is 3.95. The van der Waals surface area contributed by atoms with E-state index in [1.165, 1.54) is 5.69 Å². The minimum absolute atomic E-state index is 0.100. The zero-order valence-corrected chi connectivity index (χ0v) is 20.7. The third kappa shape index (κ3) is 6.27. The number of nitrogens with two attached hydrogens (primary N) is 1. The molecule has 184 valence electrons. The first kappa shape index (κ1) is 24.5. The van der Waals surface area contributed by atoms with Crippen molar-refractivity contribution in [1.29, 1.82) is 0 Å². The molecule has 1 aromatic heterocycles. The average molecular weight is 474 g/mol. The number of nitrogens with one attached hydrogen (secondary N) is 2. The quantitative estimate of drug-likeness (QED) is 0.433. The van der Waals surface area contributed by atoms with E-state index in [0.717, 1.165) is 55.4 Å². The van der Waals surface area contributed by atoms with Gasteiger partial charge in [0.15, 0.2) is 0 Å². The molecule has 2 heterocycles. The summed E-state index contributed by atoms with van der Waals surface area (Å²) in [7, 11) is 0. The Morgan fingerprint density at radius 1 is 0.971 bits per heavy atom. The van der Waals surface area contributed by atoms with Crippen LogP contribution in [-0.4, -0.2) is 59.5 Å². The van der Waals surface area contributed by atoms with Crippen LogP contribution in [0.3, 0.4) is 0 Å². The van der Waals surface area contributed by atoms with E-state index in [1.807, 2.05) is 44.2 Å². The molecule has 0 bridgehead atoms. The molecule has 0 spiro atoms. The SMILES string of the molecule is CCN1CCN(c2ccc(Nc3nccc(-c4ccc(N[C@@H](C(N)=O)C(C)C)cc4)n3)cc2)CC1. The van der Waals surface area contributed by atoms with Crippen LogP contribution in [0.2, 0.25) is 0 Å². The van der Waals surface area contributed by atoms with Gasteiger partial charge in [-0.05, 0) is 54.9 Å². The minimum atomic E-state index is -0.414. The molecule has 4 N–H and O–H groups in total. The number of rotatable bonds is 9. The van der Waals surface area contributed by atoms with Gasteiger partial charge in [0, 0.05) is 55.0 Å². The van der Waals surface area contributed by atoms with E-state index in [0.29, 0.717) is 5.95 Å².